The molecular formula is C19H27N3O2S. The lowest BCUT2D eigenvalue weighted by Crippen LogP contribution is -2.54. The number of carbonyl (C=O) groups is 1. The Morgan fingerprint density at radius 1 is 1.36 bits per heavy atom. The third-order valence-corrected chi connectivity index (χ3v) is 5.72. The summed E-state index contributed by atoms with van der Waals surface area (Å²) in [6, 6.07) is 7.76. The van der Waals surface area contributed by atoms with Gasteiger partial charge in [0.15, 0.2) is 0 Å². The molecule has 0 aliphatic heterocycles. The lowest BCUT2D eigenvalue weighted by molar-refractivity contribution is 0.0886. The zero-order chi connectivity index (χ0) is 18.6. The Bertz CT molecular complexity index is 725. The number of amides is 1. The highest BCUT2D eigenvalue weighted by atomic mass is 32.1. The van der Waals surface area contributed by atoms with E-state index in [0.29, 0.717) is 18.0 Å². The van der Waals surface area contributed by atoms with Gasteiger partial charge in [-0.2, -0.15) is 0 Å². The number of thiazole rings is 1. The number of nitrogens with one attached hydrogen (secondary N) is 1. The molecule has 0 fully saturated rings. The Morgan fingerprint density at radius 3 is 2.52 bits per heavy atom. The van der Waals surface area contributed by atoms with Crippen molar-refractivity contribution in [3.63, 3.8) is 0 Å². The molecule has 1 aromatic carbocycles. The van der Waals surface area contributed by atoms with Gasteiger partial charge in [0.25, 0.3) is 5.91 Å². The van der Waals surface area contributed by atoms with Crippen LogP contribution >= 0.6 is 11.3 Å². The molecule has 0 saturated heterocycles. The van der Waals surface area contributed by atoms with Crippen LogP contribution in [0.3, 0.4) is 0 Å². The molecule has 1 unspecified atom stereocenters. The fourth-order valence-corrected chi connectivity index (χ4v) is 3.31. The van der Waals surface area contributed by atoms with Gasteiger partial charge in [0.2, 0.25) is 0 Å². The topological polar surface area (TPSA) is 77.2 Å². The highest BCUT2D eigenvalue weighted by Crippen LogP contribution is 2.30. The van der Waals surface area contributed by atoms with Crippen molar-refractivity contribution in [2.75, 3.05) is 13.2 Å². The van der Waals surface area contributed by atoms with E-state index >= 15 is 0 Å². The quantitative estimate of drug-likeness (QED) is 0.789. The maximum atomic E-state index is 12.7. The molecule has 5 nitrogen and oxygen atoms in total. The molecule has 2 rings (SSSR count). The summed E-state index contributed by atoms with van der Waals surface area (Å²) in [7, 11) is 0. The van der Waals surface area contributed by atoms with Crippen molar-refractivity contribution in [1.82, 2.24) is 10.3 Å². The molecule has 6 heteroatoms. The Balaban J connectivity index is 2.23. The monoisotopic (exact) mass is 361 g/mol. The standard InChI is InChI=1S/C19H27N3O2S/c1-6-24-15-9-7-14(8-10-15)18-21-13(4)16(25-18)17(23)22-19(5,11-20)12(2)3/h7-10,12H,6,11,20H2,1-5H3,(H,22,23). The molecule has 0 aliphatic rings. The average Bonchev–Trinajstić information content (AvgIpc) is 2.97. The van der Waals surface area contributed by atoms with Crippen LogP contribution in [0.15, 0.2) is 24.3 Å². The van der Waals surface area contributed by atoms with Gasteiger partial charge in [0.1, 0.15) is 15.6 Å². The van der Waals surface area contributed by atoms with Gasteiger partial charge in [0, 0.05) is 12.1 Å². The van der Waals surface area contributed by atoms with Crippen molar-refractivity contribution in [2.24, 2.45) is 11.7 Å². The minimum absolute atomic E-state index is 0.117. The maximum Gasteiger partial charge on any atom is 0.263 e. The molecule has 136 valence electrons. The van der Waals surface area contributed by atoms with E-state index in [1.54, 1.807) is 0 Å². The van der Waals surface area contributed by atoms with Gasteiger partial charge in [-0.1, -0.05) is 13.8 Å². The molecule has 1 heterocycles. The second kappa shape index (κ2) is 7.97. The predicted molar refractivity (Wildman–Crippen MR) is 103 cm³/mol. The summed E-state index contributed by atoms with van der Waals surface area (Å²) in [5.74, 6) is 0.947. The predicted octanol–water partition coefficient (Wildman–Crippen LogP) is 3.62. The summed E-state index contributed by atoms with van der Waals surface area (Å²) in [6.07, 6.45) is 0. The van der Waals surface area contributed by atoms with Crippen LogP contribution in [-0.2, 0) is 0 Å². The molecule has 25 heavy (non-hydrogen) atoms. The lowest BCUT2D eigenvalue weighted by atomic mass is 9.88. The highest BCUT2D eigenvalue weighted by molar-refractivity contribution is 7.17. The average molecular weight is 362 g/mol. The third kappa shape index (κ3) is 4.38. The summed E-state index contributed by atoms with van der Waals surface area (Å²) < 4.78 is 5.46. The normalized spacial score (nSPS) is 13.6. The zero-order valence-electron chi connectivity index (χ0n) is 15.6. The highest BCUT2D eigenvalue weighted by Gasteiger charge is 2.30. The molecule has 2 aromatic rings. The number of hydrogen-bond acceptors (Lipinski definition) is 5. The van der Waals surface area contributed by atoms with E-state index in [1.807, 2.05) is 45.0 Å². The Kier molecular flexibility index (Phi) is 6.19. The molecular weight excluding hydrogens is 334 g/mol. The van der Waals surface area contributed by atoms with Crippen LogP contribution in [0.1, 0.15) is 43.1 Å². The number of rotatable bonds is 7. The van der Waals surface area contributed by atoms with E-state index in [1.165, 1.54) is 11.3 Å². The minimum atomic E-state index is -0.438. The summed E-state index contributed by atoms with van der Waals surface area (Å²) in [5, 5.41) is 3.90. The molecule has 1 atom stereocenters. The van der Waals surface area contributed by atoms with Gasteiger partial charge in [-0.15, -0.1) is 11.3 Å². The number of nitrogens with zero attached hydrogens (tertiary/aromatic N) is 1. The first kappa shape index (κ1) is 19.4. The largest absolute Gasteiger partial charge is 0.494 e. The van der Waals surface area contributed by atoms with Crippen LogP contribution in [-0.4, -0.2) is 29.6 Å². The Labute approximate surface area is 153 Å². The van der Waals surface area contributed by atoms with Gasteiger partial charge >= 0.3 is 0 Å². The molecule has 1 aromatic heterocycles. The van der Waals surface area contributed by atoms with E-state index in [9.17, 15) is 4.79 Å². The van der Waals surface area contributed by atoms with E-state index in [4.69, 9.17) is 10.5 Å². The number of ether oxygens (including phenoxy) is 1. The first-order chi connectivity index (χ1) is 11.8. The van der Waals surface area contributed by atoms with E-state index in [0.717, 1.165) is 22.0 Å². The van der Waals surface area contributed by atoms with Gasteiger partial charge < -0.3 is 15.8 Å². The number of hydrogen-bond donors (Lipinski definition) is 2. The minimum Gasteiger partial charge on any atom is -0.494 e. The maximum absolute atomic E-state index is 12.7. The van der Waals surface area contributed by atoms with Crippen molar-refractivity contribution in [2.45, 2.75) is 40.2 Å². The molecule has 0 bridgehead atoms. The number of aromatic nitrogens is 1. The van der Waals surface area contributed by atoms with Crippen LogP contribution in [0.2, 0.25) is 0 Å². The van der Waals surface area contributed by atoms with Crippen molar-refractivity contribution in [1.29, 1.82) is 0 Å². The van der Waals surface area contributed by atoms with Gasteiger partial charge in [-0.05, 0) is 51.0 Å². The molecule has 0 radical (unpaired) electrons. The second-order valence-electron chi connectivity index (χ2n) is 6.62. The first-order valence-corrected chi connectivity index (χ1v) is 9.35. The molecule has 0 spiro atoms. The van der Waals surface area contributed by atoms with Gasteiger partial charge in [-0.3, -0.25) is 4.79 Å². The smallest absolute Gasteiger partial charge is 0.263 e. The van der Waals surface area contributed by atoms with Gasteiger partial charge in [-0.25, -0.2) is 4.98 Å². The third-order valence-electron chi connectivity index (χ3n) is 4.51. The summed E-state index contributed by atoms with van der Waals surface area (Å²) in [4.78, 5) is 17.9. The van der Waals surface area contributed by atoms with Gasteiger partial charge in [0.05, 0.1) is 17.8 Å². The lowest BCUT2D eigenvalue weighted by Gasteiger charge is -2.33. The van der Waals surface area contributed by atoms with E-state index in [-0.39, 0.29) is 11.8 Å². The van der Waals surface area contributed by atoms with E-state index in [2.05, 4.69) is 24.1 Å². The van der Waals surface area contributed by atoms with Crippen LogP contribution in [0.5, 0.6) is 5.75 Å². The van der Waals surface area contributed by atoms with Crippen molar-refractivity contribution >= 4 is 17.2 Å². The zero-order valence-corrected chi connectivity index (χ0v) is 16.4. The van der Waals surface area contributed by atoms with Crippen molar-refractivity contribution in [3.05, 3.63) is 34.8 Å². The van der Waals surface area contributed by atoms with Crippen LogP contribution < -0.4 is 15.8 Å². The SMILES string of the molecule is CCOc1ccc(-c2nc(C)c(C(=O)NC(C)(CN)C(C)C)s2)cc1. The first-order valence-electron chi connectivity index (χ1n) is 8.54. The molecule has 0 saturated carbocycles. The number of benzene rings is 1. The van der Waals surface area contributed by atoms with Crippen molar-refractivity contribution < 1.29 is 9.53 Å². The van der Waals surface area contributed by atoms with Crippen molar-refractivity contribution in [3.8, 4) is 16.3 Å². The second-order valence-corrected chi connectivity index (χ2v) is 7.62. The number of carbonyl (C=O) groups excluding carboxylic acids is 1. The molecule has 1 amide bonds. The number of nitrogens with two attached hydrogens (primary N) is 1. The van der Waals surface area contributed by atoms with E-state index < -0.39 is 5.54 Å². The van der Waals surface area contributed by atoms with Crippen LogP contribution in [0.4, 0.5) is 0 Å². The summed E-state index contributed by atoms with van der Waals surface area (Å²) >= 11 is 1.40. The Hall–Kier alpha value is -1.92. The molecule has 3 N–H and O–H groups in total. The number of aryl methyl sites for hydroxylation is 1. The van der Waals surface area contributed by atoms with Crippen LogP contribution in [0, 0.1) is 12.8 Å². The summed E-state index contributed by atoms with van der Waals surface area (Å²) in [5.41, 5.74) is 7.14. The molecule has 0 aliphatic carbocycles. The van der Waals surface area contributed by atoms with Crippen LogP contribution in [0.25, 0.3) is 10.6 Å². The summed E-state index contributed by atoms with van der Waals surface area (Å²) in [6.45, 7) is 10.9. The fourth-order valence-electron chi connectivity index (χ4n) is 2.34. The fraction of sp³-hybridized carbons (Fsp3) is 0.474. The Morgan fingerprint density at radius 2 is 2.00 bits per heavy atom.